The van der Waals surface area contributed by atoms with Gasteiger partial charge in [0.25, 0.3) is 0 Å². The lowest BCUT2D eigenvalue weighted by Crippen LogP contribution is -2.42. The minimum atomic E-state index is -0.0155. The van der Waals surface area contributed by atoms with Gasteiger partial charge in [0.2, 0.25) is 0 Å². The number of hydrogen-bond donors (Lipinski definition) is 2. The van der Waals surface area contributed by atoms with E-state index in [2.05, 4.69) is 31.4 Å². The third kappa shape index (κ3) is 5.81. The molecule has 112 valence electrons. The van der Waals surface area contributed by atoms with Crippen molar-refractivity contribution < 1.29 is 4.79 Å². The average molecular weight is 269 g/mol. The molecule has 0 spiro atoms. The second-order valence-corrected chi connectivity index (χ2v) is 7.00. The lowest BCUT2D eigenvalue weighted by molar-refractivity contribution is 0.160. The quantitative estimate of drug-likeness (QED) is 0.770. The molecule has 1 aliphatic rings. The van der Waals surface area contributed by atoms with Crippen LogP contribution in [-0.2, 0) is 0 Å². The molecule has 0 aromatic heterocycles. The summed E-state index contributed by atoms with van der Waals surface area (Å²) in [5, 5.41) is 6.43. The molecular weight excluding hydrogens is 238 g/mol. The Morgan fingerprint density at radius 1 is 1.11 bits per heavy atom. The van der Waals surface area contributed by atoms with E-state index in [0.717, 1.165) is 12.5 Å². The largest absolute Gasteiger partial charge is 0.337 e. The van der Waals surface area contributed by atoms with Crippen LogP contribution in [-0.4, -0.2) is 44.2 Å². The summed E-state index contributed by atoms with van der Waals surface area (Å²) < 4.78 is 0. The molecule has 1 saturated carbocycles. The molecule has 0 bridgehead atoms. The topological polar surface area (TPSA) is 44.4 Å². The van der Waals surface area contributed by atoms with Crippen molar-refractivity contribution >= 4 is 6.03 Å². The van der Waals surface area contributed by atoms with E-state index < -0.39 is 0 Å². The molecule has 1 rings (SSSR count). The minimum Gasteiger partial charge on any atom is -0.337 e. The van der Waals surface area contributed by atoms with Gasteiger partial charge in [0, 0.05) is 33.2 Å². The van der Waals surface area contributed by atoms with Crippen LogP contribution in [0.2, 0.25) is 0 Å². The van der Waals surface area contributed by atoms with Crippen molar-refractivity contribution in [1.29, 1.82) is 0 Å². The Morgan fingerprint density at radius 2 is 1.68 bits per heavy atom. The molecule has 4 heteroatoms. The smallest absolute Gasteiger partial charge is 0.316 e. The number of carbonyl (C=O) groups excluding carboxylic acids is 1. The zero-order valence-electron chi connectivity index (χ0n) is 13.3. The zero-order valence-corrected chi connectivity index (χ0v) is 13.3. The van der Waals surface area contributed by atoms with Crippen molar-refractivity contribution in [3.05, 3.63) is 0 Å². The van der Waals surface area contributed by atoms with Crippen LogP contribution in [0, 0.1) is 11.3 Å². The number of urea groups is 1. The first-order valence-electron chi connectivity index (χ1n) is 7.49. The Kier molecular flexibility index (Phi) is 6.11. The summed E-state index contributed by atoms with van der Waals surface area (Å²) in [5.74, 6) is 0.860. The van der Waals surface area contributed by atoms with Gasteiger partial charge in [-0.25, -0.2) is 4.79 Å². The standard InChI is InChI=1S/C15H31N3O/c1-15(2,3)12-6-8-13(9-7-12)16-10-11-17-14(19)18(4)5/h12-13,16H,6-11H2,1-5H3,(H,17,19). The van der Waals surface area contributed by atoms with E-state index in [1.54, 1.807) is 19.0 Å². The fourth-order valence-electron chi connectivity index (χ4n) is 2.77. The molecule has 0 unspecified atom stereocenters. The molecule has 4 nitrogen and oxygen atoms in total. The molecule has 19 heavy (non-hydrogen) atoms. The highest BCUT2D eigenvalue weighted by Gasteiger charge is 2.29. The molecule has 0 atom stereocenters. The normalized spacial score (nSPS) is 24.1. The predicted octanol–water partition coefficient (Wildman–Crippen LogP) is 2.45. The van der Waals surface area contributed by atoms with Crippen molar-refractivity contribution in [2.45, 2.75) is 52.5 Å². The number of rotatable bonds is 4. The second kappa shape index (κ2) is 7.13. The summed E-state index contributed by atoms with van der Waals surface area (Å²) >= 11 is 0. The monoisotopic (exact) mass is 269 g/mol. The van der Waals surface area contributed by atoms with Crippen LogP contribution in [0.1, 0.15) is 46.5 Å². The highest BCUT2D eigenvalue weighted by atomic mass is 16.2. The van der Waals surface area contributed by atoms with Crippen LogP contribution in [0.5, 0.6) is 0 Å². The minimum absolute atomic E-state index is 0.0155. The summed E-state index contributed by atoms with van der Waals surface area (Å²) in [6, 6.07) is 0.619. The first-order valence-corrected chi connectivity index (χ1v) is 7.49. The molecule has 1 fully saturated rings. The molecule has 0 aliphatic heterocycles. The van der Waals surface area contributed by atoms with E-state index in [1.807, 2.05) is 0 Å². The van der Waals surface area contributed by atoms with Crippen molar-refractivity contribution in [2.75, 3.05) is 27.2 Å². The summed E-state index contributed by atoms with van der Waals surface area (Å²) in [4.78, 5) is 12.9. The van der Waals surface area contributed by atoms with Crippen LogP contribution < -0.4 is 10.6 Å². The lowest BCUT2D eigenvalue weighted by atomic mass is 9.71. The van der Waals surface area contributed by atoms with Gasteiger partial charge >= 0.3 is 6.03 Å². The summed E-state index contributed by atoms with van der Waals surface area (Å²) in [6.07, 6.45) is 5.18. The van der Waals surface area contributed by atoms with E-state index in [0.29, 0.717) is 18.0 Å². The Bertz CT molecular complexity index is 276. The van der Waals surface area contributed by atoms with Gasteiger partial charge in [0.05, 0.1) is 0 Å². The van der Waals surface area contributed by atoms with Crippen LogP contribution in [0.3, 0.4) is 0 Å². The van der Waals surface area contributed by atoms with Crippen molar-refractivity contribution in [3.8, 4) is 0 Å². The molecule has 0 aromatic carbocycles. The maximum Gasteiger partial charge on any atom is 0.316 e. The molecule has 1 aliphatic carbocycles. The van der Waals surface area contributed by atoms with Crippen LogP contribution in [0.4, 0.5) is 4.79 Å². The van der Waals surface area contributed by atoms with Crippen LogP contribution in [0.15, 0.2) is 0 Å². The first-order chi connectivity index (χ1) is 8.80. The molecule has 0 radical (unpaired) electrons. The third-order valence-corrected chi connectivity index (χ3v) is 4.19. The van der Waals surface area contributed by atoms with E-state index >= 15 is 0 Å². The van der Waals surface area contributed by atoms with Gasteiger partial charge in [-0.15, -0.1) is 0 Å². The molecule has 2 N–H and O–H groups in total. The highest BCUT2D eigenvalue weighted by Crippen LogP contribution is 2.37. The number of nitrogens with zero attached hydrogens (tertiary/aromatic N) is 1. The van der Waals surface area contributed by atoms with Gasteiger partial charge in [0.1, 0.15) is 0 Å². The summed E-state index contributed by atoms with van der Waals surface area (Å²) in [6.45, 7) is 8.62. The van der Waals surface area contributed by atoms with Crippen molar-refractivity contribution in [3.63, 3.8) is 0 Å². The van der Waals surface area contributed by atoms with Gasteiger partial charge in [-0.2, -0.15) is 0 Å². The van der Waals surface area contributed by atoms with Gasteiger partial charge in [0.15, 0.2) is 0 Å². The van der Waals surface area contributed by atoms with Gasteiger partial charge in [-0.1, -0.05) is 20.8 Å². The maximum atomic E-state index is 11.3. The summed E-state index contributed by atoms with van der Waals surface area (Å²) in [7, 11) is 3.52. The Balaban J connectivity index is 2.12. The number of nitrogens with one attached hydrogen (secondary N) is 2. The molecule has 0 aromatic rings. The first kappa shape index (κ1) is 16.3. The third-order valence-electron chi connectivity index (χ3n) is 4.19. The Labute approximate surface area is 118 Å². The number of amides is 2. The molecule has 2 amide bonds. The van der Waals surface area contributed by atoms with E-state index in [9.17, 15) is 4.79 Å². The fraction of sp³-hybridized carbons (Fsp3) is 0.933. The van der Waals surface area contributed by atoms with E-state index in [4.69, 9.17) is 0 Å². The molecule has 0 saturated heterocycles. The van der Waals surface area contributed by atoms with Gasteiger partial charge in [-0.05, 0) is 37.0 Å². The highest BCUT2D eigenvalue weighted by molar-refractivity contribution is 5.73. The number of carbonyl (C=O) groups is 1. The van der Waals surface area contributed by atoms with Crippen LogP contribution in [0.25, 0.3) is 0 Å². The Hall–Kier alpha value is -0.770. The van der Waals surface area contributed by atoms with Crippen LogP contribution >= 0.6 is 0 Å². The fourth-order valence-corrected chi connectivity index (χ4v) is 2.77. The van der Waals surface area contributed by atoms with E-state index in [1.165, 1.54) is 25.7 Å². The number of hydrogen-bond acceptors (Lipinski definition) is 2. The SMILES string of the molecule is CN(C)C(=O)NCCNC1CCC(C(C)(C)C)CC1. The Morgan fingerprint density at radius 3 is 2.16 bits per heavy atom. The van der Waals surface area contributed by atoms with Gasteiger partial charge < -0.3 is 15.5 Å². The zero-order chi connectivity index (χ0) is 14.5. The predicted molar refractivity (Wildman–Crippen MR) is 80.3 cm³/mol. The van der Waals surface area contributed by atoms with E-state index in [-0.39, 0.29) is 6.03 Å². The van der Waals surface area contributed by atoms with Gasteiger partial charge in [-0.3, -0.25) is 0 Å². The van der Waals surface area contributed by atoms with Crippen molar-refractivity contribution in [2.24, 2.45) is 11.3 Å². The lowest BCUT2D eigenvalue weighted by Gasteiger charge is -2.37. The second-order valence-electron chi connectivity index (χ2n) is 7.00. The molecule has 0 heterocycles. The average Bonchev–Trinajstić information content (AvgIpc) is 2.33. The maximum absolute atomic E-state index is 11.3. The summed E-state index contributed by atoms with van der Waals surface area (Å²) in [5.41, 5.74) is 0.449. The molecular formula is C15H31N3O. The van der Waals surface area contributed by atoms with Crippen molar-refractivity contribution in [1.82, 2.24) is 15.5 Å².